The van der Waals surface area contributed by atoms with Crippen LogP contribution >= 0.6 is 0 Å². The molecule has 24 heavy (non-hydrogen) atoms. The first-order valence-corrected chi connectivity index (χ1v) is 6.99. The number of nitrogens with two attached hydrogens (primary N) is 1. The predicted octanol–water partition coefficient (Wildman–Crippen LogP) is 1.80. The highest BCUT2D eigenvalue weighted by Crippen LogP contribution is 2.31. The Morgan fingerprint density at radius 2 is 1.88 bits per heavy atom. The van der Waals surface area contributed by atoms with Crippen molar-refractivity contribution < 1.29 is 22.8 Å². The molecule has 2 aromatic rings. The van der Waals surface area contributed by atoms with E-state index in [0.29, 0.717) is 5.69 Å². The standard InChI is InChI=1S/C15H15F3N4O2/c1-9-2-4-10(5-3-9)22-8-11(13(21-22)15(16,17)18)14(24)20-7-6-12(19)23/h2-5,8H,6-7H2,1H3,(H2,19,23)(H,20,24). The quantitative estimate of drug-likeness (QED) is 0.870. The summed E-state index contributed by atoms with van der Waals surface area (Å²) in [4.78, 5) is 22.6. The van der Waals surface area contributed by atoms with Crippen LogP contribution in [0.3, 0.4) is 0 Å². The predicted molar refractivity (Wildman–Crippen MR) is 79.4 cm³/mol. The maximum absolute atomic E-state index is 13.1. The van der Waals surface area contributed by atoms with Crippen molar-refractivity contribution in [2.75, 3.05) is 6.54 Å². The number of alkyl halides is 3. The number of rotatable bonds is 5. The van der Waals surface area contributed by atoms with Crippen LogP contribution in [0.2, 0.25) is 0 Å². The van der Waals surface area contributed by atoms with Crippen molar-refractivity contribution in [1.82, 2.24) is 15.1 Å². The molecule has 1 aromatic heterocycles. The van der Waals surface area contributed by atoms with Crippen LogP contribution in [0.5, 0.6) is 0 Å². The first-order chi connectivity index (χ1) is 11.2. The van der Waals surface area contributed by atoms with Gasteiger partial charge in [-0.1, -0.05) is 17.7 Å². The van der Waals surface area contributed by atoms with Gasteiger partial charge >= 0.3 is 6.18 Å². The molecule has 0 aliphatic heterocycles. The van der Waals surface area contributed by atoms with Crippen LogP contribution in [0.4, 0.5) is 13.2 Å². The maximum Gasteiger partial charge on any atom is 0.435 e. The van der Waals surface area contributed by atoms with Crippen LogP contribution < -0.4 is 11.1 Å². The fraction of sp³-hybridized carbons (Fsp3) is 0.267. The van der Waals surface area contributed by atoms with Crippen molar-refractivity contribution in [3.8, 4) is 5.69 Å². The molecule has 2 amide bonds. The molecule has 0 saturated heterocycles. The van der Waals surface area contributed by atoms with Crippen molar-refractivity contribution in [1.29, 1.82) is 0 Å². The second-order valence-electron chi connectivity index (χ2n) is 5.14. The van der Waals surface area contributed by atoms with Gasteiger partial charge in [-0.2, -0.15) is 18.3 Å². The zero-order valence-corrected chi connectivity index (χ0v) is 12.7. The molecule has 2 rings (SSSR count). The number of aryl methyl sites for hydroxylation is 1. The number of aromatic nitrogens is 2. The first kappa shape index (κ1) is 17.5. The van der Waals surface area contributed by atoms with Gasteiger partial charge in [0.1, 0.15) is 0 Å². The minimum Gasteiger partial charge on any atom is -0.370 e. The number of hydrogen-bond donors (Lipinski definition) is 2. The summed E-state index contributed by atoms with van der Waals surface area (Å²) in [6.07, 6.45) is -3.95. The van der Waals surface area contributed by atoms with Gasteiger partial charge in [0.15, 0.2) is 5.69 Å². The van der Waals surface area contributed by atoms with Crippen LogP contribution in [0, 0.1) is 6.92 Å². The summed E-state index contributed by atoms with van der Waals surface area (Å²) < 4.78 is 40.4. The molecular weight excluding hydrogens is 325 g/mol. The van der Waals surface area contributed by atoms with Gasteiger partial charge in [0.2, 0.25) is 5.91 Å². The zero-order valence-electron chi connectivity index (χ0n) is 12.7. The van der Waals surface area contributed by atoms with Crippen LogP contribution in [-0.2, 0) is 11.0 Å². The van der Waals surface area contributed by atoms with Gasteiger partial charge < -0.3 is 11.1 Å². The van der Waals surface area contributed by atoms with Crippen molar-refractivity contribution in [3.63, 3.8) is 0 Å². The Morgan fingerprint density at radius 3 is 2.42 bits per heavy atom. The fourth-order valence-corrected chi connectivity index (χ4v) is 1.97. The number of carbonyl (C=O) groups is 2. The highest BCUT2D eigenvalue weighted by molar-refractivity contribution is 5.95. The molecule has 0 radical (unpaired) electrons. The van der Waals surface area contributed by atoms with E-state index in [-0.39, 0.29) is 13.0 Å². The van der Waals surface area contributed by atoms with Gasteiger partial charge in [-0.05, 0) is 19.1 Å². The van der Waals surface area contributed by atoms with Gasteiger partial charge in [-0.15, -0.1) is 0 Å². The van der Waals surface area contributed by atoms with Gasteiger partial charge in [-0.25, -0.2) is 4.68 Å². The Kier molecular flexibility index (Phi) is 4.91. The number of carbonyl (C=O) groups excluding carboxylic acids is 2. The van der Waals surface area contributed by atoms with Crippen molar-refractivity contribution in [2.45, 2.75) is 19.5 Å². The molecule has 0 bridgehead atoms. The first-order valence-electron chi connectivity index (χ1n) is 6.99. The Hall–Kier alpha value is -2.84. The van der Waals surface area contributed by atoms with E-state index in [1.165, 1.54) is 0 Å². The number of nitrogens with one attached hydrogen (secondary N) is 1. The van der Waals surface area contributed by atoms with Crippen LogP contribution in [-0.4, -0.2) is 28.1 Å². The van der Waals surface area contributed by atoms with Crippen molar-refractivity contribution >= 4 is 11.8 Å². The summed E-state index contributed by atoms with van der Waals surface area (Å²) in [7, 11) is 0. The number of amides is 2. The van der Waals surface area contributed by atoms with E-state index in [1.807, 2.05) is 6.92 Å². The average molecular weight is 340 g/mol. The number of primary amides is 1. The van der Waals surface area contributed by atoms with Crippen molar-refractivity contribution in [2.24, 2.45) is 5.73 Å². The summed E-state index contributed by atoms with van der Waals surface area (Å²) in [5, 5.41) is 5.71. The highest BCUT2D eigenvalue weighted by atomic mass is 19.4. The third-order valence-electron chi connectivity index (χ3n) is 3.18. The molecule has 1 heterocycles. The maximum atomic E-state index is 13.1. The zero-order chi connectivity index (χ0) is 17.9. The molecule has 128 valence electrons. The monoisotopic (exact) mass is 340 g/mol. The van der Waals surface area contributed by atoms with Gasteiger partial charge in [0.05, 0.1) is 11.3 Å². The molecular formula is C15H15F3N4O2. The number of halogens is 3. The normalized spacial score (nSPS) is 11.3. The molecule has 0 fully saturated rings. The molecule has 9 heteroatoms. The lowest BCUT2D eigenvalue weighted by molar-refractivity contribution is -0.141. The molecule has 3 N–H and O–H groups in total. The average Bonchev–Trinajstić information content (AvgIpc) is 2.93. The van der Waals surface area contributed by atoms with E-state index in [2.05, 4.69) is 10.4 Å². The molecule has 1 aromatic carbocycles. The summed E-state index contributed by atoms with van der Waals surface area (Å²) in [6, 6.07) is 6.63. The smallest absolute Gasteiger partial charge is 0.370 e. The SMILES string of the molecule is Cc1ccc(-n2cc(C(=O)NCCC(N)=O)c(C(F)(F)F)n2)cc1. The Labute approximate surface area is 135 Å². The van der Waals surface area contributed by atoms with Gasteiger partial charge in [0, 0.05) is 19.2 Å². The minimum absolute atomic E-state index is 0.152. The van der Waals surface area contributed by atoms with Gasteiger partial charge in [0.25, 0.3) is 5.91 Å². The molecule has 0 aliphatic rings. The minimum atomic E-state index is -4.79. The topological polar surface area (TPSA) is 90.0 Å². The lowest BCUT2D eigenvalue weighted by Crippen LogP contribution is -2.29. The van der Waals surface area contributed by atoms with Crippen LogP contribution in [0.25, 0.3) is 5.69 Å². The molecule has 0 atom stereocenters. The largest absolute Gasteiger partial charge is 0.435 e. The van der Waals surface area contributed by atoms with E-state index in [0.717, 1.165) is 16.4 Å². The summed E-state index contributed by atoms with van der Waals surface area (Å²) in [5.74, 6) is -1.64. The second kappa shape index (κ2) is 6.73. The summed E-state index contributed by atoms with van der Waals surface area (Å²) in [5.41, 5.74) is 4.34. The molecule has 0 saturated carbocycles. The highest BCUT2D eigenvalue weighted by Gasteiger charge is 2.39. The molecule has 6 nitrogen and oxygen atoms in total. The number of nitrogens with zero attached hydrogens (tertiary/aromatic N) is 2. The summed E-state index contributed by atoms with van der Waals surface area (Å²) >= 11 is 0. The van der Waals surface area contributed by atoms with E-state index in [4.69, 9.17) is 5.73 Å². The fourth-order valence-electron chi connectivity index (χ4n) is 1.97. The van der Waals surface area contributed by atoms with E-state index in [9.17, 15) is 22.8 Å². The lowest BCUT2D eigenvalue weighted by Gasteiger charge is -2.06. The van der Waals surface area contributed by atoms with Crippen LogP contribution in [0.1, 0.15) is 28.0 Å². The van der Waals surface area contributed by atoms with Gasteiger partial charge in [-0.3, -0.25) is 9.59 Å². The Balaban J connectivity index is 2.33. The van der Waals surface area contributed by atoms with Crippen molar-refractivity contribution in [3.05, 3.63) is 47.3 Å². The Morgan fingerprint density at radius 1 is 1.25 bits per heavy atom. The molecule has 0 aliphatic carbocycles. The molecule has 0 spiro atoms. The van der Waals surface area contributed by atoms with E-state index >= 15 is 0 Å². The third-order valence-corrected chi connectivity index (χ3v) is 3.18. The summed E-state index contributed by atoms with van der Waals surface area (Å²) in [6.45, 7) is 1.69. The lowest BCUT2D eigenvalue weighted by atomic mass is 10.2. The Bertz CT molecular complexity index is 751. The van der Waals surface area contributed by atoms with E-state index in [1.54, 1.807) is 24.3 Å². The number of benzene rings is 1. The molecule has 0 unspecified atom stereocenters. The second-order valence-corrected chi connectivity index (χ2v) is 5.14. The van der Waals surface area contributed by atoms with E-state index < -0.39 is 29.2 Å². The number of hydrogen-bond acceptors (Lipinski definition) is 3. The van der Waals surface area contributed by atoms with Crippen LogP contribution in [0.15, 0.2) is 30.5 Å². The third kappa shape index (κ3) is 4.12.